The summed E-state index contributed by atoms with van der Waals surface area (Å²) in [4.78, 5) is 25.0. The fourth-order valence-corrected chi connectivity index (χ4v) is 3.22. The molecule has 0 bridgehead atoms. The number of piperidine rings is 1. The van der Waals surface area contributed by atoms with E-state index in [1.807, 2.05) is 4.90 Å². The number of benzene rings is 1. The van der Waals surface area contributed by atoms with Crippen molar-refractivity contribution in [2.24, 2.45) is 5.73 Å². The van der Waals surface area contributed by atoms with Crippen LogP contribution in [0.3, 0.4) is 0 Å². The summed E-state index contributed by atoms with van der Waals surface area (Å²) in [5, 5.41) is 19.2. The molecule has 1 atom stereocenters. The van der Waals surface area contributed by atoms with E-state index in [-0.39, 0.29) is 24.3 Å². The molecule has 25 heavy (non-hydrogen) atoms. The lowest BCUT2D eigenvalue weighted by Crippen LogP contribution is -2.42. The molecule has 1 aromatic rings. The number of hydrogen-bond acceptors (Lipinski definition) is 4. The van der Waals surface area contributed by atoms with E-state index in [4.69, 9.17) is 16.2 Å². The Bertz CT molecular complexity index is 615. The molecule has 7 heteroatoms. The number of aliphatic carboxylic acids is 1. The van der Waals surface area contributed by atoms with Crippen molar-refractivity contribution < 1.29 is 14.7 Å². The number of carbonyl (C=O) groups is 2. The lowest BCUT2D eigenvalue weighted by Gasteiger charge is -2.34. The van der Waals surface area contributed by atoms with E-state index in [1.54, 1.807) is 24.3 Å². The van der Waals surface area contributed by atoms with Crippen LogP contribution in [0.2, 0.25) is 0 Å². The number of amidine groups is 1. The number of carboxylic acid groups (broad SMARTS) is 1. The molecule has 2 rings (SSSR count). The van der Waals surface area contributed by atoms with Gasteiger partial charge in [0.05, 0.1) is 6.54 Å². The second-order valence-corrected chi connectivity index (χ2v) is 6.45. The highest BCUT2D eigenvalue weighted by molar-refractivity contribution is 5.96. The molecule has 5 N–H and O–H groups in total. The minimum Gasteiger partial charge on any atom is -0.480 e. The number of nitrogens with one attached hydrogen (secondary N) is 2. The van der Waals surface area contributed by atoms with Crippen molar-refractivity contribution in [2.75, 3.05) is 18.4 Å². The van der Waals surface area contributed by atoms with Gasteiger partial charge in [0, 0.05) is 23.7 Å². The van der Waals surface area contributed by atoms with Crippen LogP contribution in [0, 0.1) is 5.41 Å². The van der Waals surface area contributed by atoms with Gasteiger partial charge in [0.15, 0.2) is 0 Å². The number of hydrogen-bond donors (Lipinski definition) is 4. The number of nitrogens with zero attached hydrogens (tertiary/aromatic N) is 1. The van der Waals surface area contributed by atoms with Crippen LogP contribution < -0.4 is 11.1 Å². The number of anilines is 1. The Balaban J connectivity index is 1.75. The zero-order chi connectivity index (χ0) is 18.2. The first-order chi connectivity index (χ1) is 12.0. The molecule has 1 aliphatic rings. The first-order valence-corrected chi connectivity index (χ1v) is 8.66. The molecule has 0 aliphatic carbocycles. The van der Waals surface area contributed by atoms with Crippen LogP contribution in [0.1, 0.15) is 44.1 Å². The van der Waals surface area contributed by atoms with Crippen molar-refractivity contribution >= 4 is 23.4 Å². The average Bonchev–Trinajstić information content (AvgIpc) is 2.56. The SMILES string of the molecule is N=C(N)c1ccc(NC(=O)CCCC2CCCCN2CC(=O)O)cc1. The molecule has 1 heterocycles. The summed E-state index contributed by atoms with van der Waals surface area (Å²) in [6.45, 7) is 0.908. The fraction of sp³-hybridized carbons (Fsp3) is 0.500. The van der Waals surface area contributed by atoms with Gasteiger partial charge in [0.25, 0.3) is 0 Å². The molecule has 136 valence electrons. The third-order valence-electron chi connectivity index (χ3n) is 4.51. The van der Waals surface area contributed by atoms with Gasteiger partial charge in [-0.3, -0.25) is 19.9 Å². The lowest BCUT2D eigenvalue weighted by atomic mass is 9.97. The standard InChI is InChI=1S/C18H26N4O3/c19-18(20)13-7-9-14(10-8-13)21-16(23)6-3-5-15-4-1-2-11-22(15)12-17(24)25/h7-10,15H,1-6,11-12H2,(H3,19,20)(H,21,23)(H,24,25). The zero-order valence-corrected chi connectivity index (χ0v) is 14.3. The normalized spacial score (nSPS) is 17.8. The molecule has 1 saturated heterocycles. The molecule has 1 aliphatic heterocycles. The largest absolute Gasteiger partial charge is 0.480 e. The maximum Gasteiger partial charge on any atom is 0.317 e. The highest BCUT2D eigenvalue weighted by Crippen LogP contribution is 2.21. The molecule has 0 spiro atoms. The molecule has 7 nitrogen and oxygen atoms in total. The number of carbonyl (C=O) groups excluding carboxylic acids is 1. The van der Waals surface area contributed by atoms with E-state index in [0.29, 0.717) is 17.7 Å². The summed E-state index contributed by atoms with van der Waals surface area (Å²) < 4.78 is 0. The lowest BCUT2D eigenvalue weighted by molar-refractivity contribution is -0.139. The van der Waals surface area contributed by atoms with Crippen molar-refractivity contribution in [3.63, 3.8) is 0 Å². The van der Waals surface area contributed by atoms with Gasteiger partial charge in [-0.15, -0.1) is 0 Å². The summed E-state index contributed by atoms with van der Waals surface area (Å²) in [6.07, 6.45) is 5.14. The van der Waals surface area contributed by atoms with Gasteiger partial charge in [0.2, 0.25) is 5.91 Å². The van der Waals surface area contributed by atoms with Crippen LogP contribution in [0.4, 0.5) is 5.69 Å². The highest BCUT2D eigenvalue weighted by atomic mass is 16.4. The van der Waals surface area contributed by atoms with Crippen LogP contribution >= 0.6 is 0 Å². The number of rotatable bonds is 8. The number of nitrogen functional groups attached to an aromatic ring is 1. The van der Waals surface area contributed by atoms with Crippen LogP contribution in [0.25, 0.3) is 0 Å². The number of carboxylic acids is 1. The van der Waals surface area contributed by atoms with Crippen molar-refractivity contribution in [1.82, 2.24) is 4.90 Å². The predicted molar refractivity (Wildman–Crippen MR) is 96.8 cm³/mol. The quantitative estimate of drug-likeness (QED) is 0.424. The smallest absolute Gasteiger partial charge is 0.317 e. The van der Waals surface area contributed by atoms with Gasteiger partial charge in [-0.1, -0.05) is 6.42 Å². The Kier molecular flexibility index (Phi) is 6.94. The van der Waals surface area contributed by atoms with E-state index in [9.17, 15) is 9.59 Å². The topological polar surface area (TPSA) is 120 Å². The fourth-order valence-electron chi connectivity index (χ4n) is 3.22. The molecular formula is C18H26N4O3. The predicted octanol–water partition coefficient (Wildman–Crippen LogP) is 2.02. The third kappa shape index (κ3) is 6.19. The maximum absolute atomic E-state index is 12.0. The van der Waals surface area contributed by atoms with Crippen molar-refractivity contribution in [3.8, 4) is 0 Å². The summed E-state index contributed by atoms with van der Waals surface area (Å²) in [5.41, 5.74) is 6.70. The molecule has 1 fully saturated rings. The molecule has 0 aromatic heterocycles. The Morgan fingerprint density at radius 3 is 2.64 bits per heavy atom. The van der Waals surface area contributed by atoms with E-state index in [2.05, 4.69) is 5.32 Å². The summed E-state index contributed by atoms with van der Waals surface area (Å²) in [7, 11) is 0. The zero-order valence-electron chi connectivity index (χ0n) is 14.3. The monoisotopic (exact) mass is 346 g/mol. The minimum absolute atomic E-state index is 0.00345. The van der Waals surface area contributed by atoms with Crippen molar-refractivity contribution in [2.45, 2.75) is 44.6 Å². The molecule has 1 unspecified atom stereocenters. The first-order valence-electron chi connectivity index (χ1n) is 8.66. The Labute approximate surface area is 147 Å². The average molecular weight is 346 g/mol. The number of likely N-dealkylation sites (tertiary alicyclic amines) is 1. The van der Waals surface area contributed by atoms with Crippen LogP contribution in [-0.4, -0.2) is 46.8 Å². The first kappa shape index (κ1) is 18.9. The third-order valence-corrected chi connectivity index (χ3v) is 4.51. The molecule has 0 saturated carbocycles. The van der Waals surface area contributed by atoms with Gasteiger partial charge in [0.1, 0.15) is 5.84 Å². The molecule has 1 aromatic carbocycles. The van der Waals surface area contributed by atoms with Gasteiger partial charge >= 0.3 is 5.97 Å². The van der Waals surface area contributed by atoms with Crippen molar-refractivity contribution in [1.29, 1.82) is 5.41 Å². The van der Waals surface area contributed by atoms with Gasteiger partial charge in [-0.25, -0.2) is 0 Å². The van der Waals surface area contributed by atoms with Crippen LogP contribution in [0.15, 0.2) is 24.3 Å². The second kappa shape index (κ2) is 9.17. The van der Waals surface area contributed by atoms with E-state index >= 15 is 0 Å². The van der Waals surface area contributed by atoms with Gasteiger partial charge in [-0.05, 0) is 56.5 Å². The van der Waals surface area contributed by atoms with Crippen LogP contribution in [0.5, 0.6) is 0 Å². The van der Waals surface area contributed by atoms with E-state index in [0.717, 1.165) is 38.6 Å². The summed E-state index contributed by atoms with van der Waals surface area (Å²) >= 11 is 0. The molecular weight excluding hydrogens is 320 g/mol. The van der Waals surface area contributed by atoms with Gasteiger partial charge < -0.3 is 16.2 Å². The van der Waals surface area contributed by atoms with Crippen LogP contribution in [-0.2, 0) is 9.59 Å². The second-order valence-electron chi connectivity index (χ2n) is 6.45. The number of amides is 1. The number of nitrogens with two attached hydrogens (primary N) is 1. The highest BCUT2D eigenvalue weighted by Gasteiger charge is 2.23. The summed E-state index contributed by atoms with van der Waals surface area (Å²) in [5.74, 6) is -0.855. The minimum atomic E-state index is -0.793. The van der Waals surface area contributed by atoms with E-state index < -0.39 is 5.97 Å². The van der Waals surface area contributed by atoms with Gasteiger partial charge in [-0.2, -0.15) is 0 Å². The summed E-state index contributed by atoms with van der Waals surface area (Å²) in [6, 6.07) is 7.11. The molecule has 0 radical (unpaired) electrons. The Hall–Kier alpha value is -2.41. The Morgan fingerprint density at radius 2 is 2.00 bits per heavy atom. The molecule has 1 amide bonds. The van der Waals surface area contributed by atoms with Crippen molar-refractivity contribution in [3.05, 3.63) is 29.8 Å². The Morgan fingerprint density at radius 1 is 1.28 bits per heavy atom. The van der Waals surface area contributed by atoms with E-state index in [1.165, 1.54) is 0 Å². The maximum atomic E-state index is 12.0.